The fourth-order valence-electron chi connectivity index (χ4n) is 2.88. The summed E-state index contributed by atoms with van der Waals surface area (Å²) in [6.45, 7) is 0.0238. The first-order chi connectivity index (χ1) is 15.0. The first kappa shape index (κ1) is 20.7. The minimum Gasteiger partial charge on any atom is -0.465 e. The minimum atomic E-state index is -0.489. The molecule has 0 saturated heterocycles. The van der Waals surface area contributed by atoms with Crippen LogP contribution in [0.3, 0.4) is 0 Å². The van der Waals surface area contributed by atoms with Crippen LogP contribution in [0.2, 0.25) is 0 Å². The van der Waals surface area contributed by atoms with E-state index < -0.39 is 11.9 Å². The number of benzene rings is 2. The number of nitrogens with zero attached hydrogens (tertiary/aromatic N) is 1. The molecule has 1 aromatic heterocycles. The molecule has 1 saturated carbocycles. The van der Waals surface area contributed by atoms with Crippen molar-refractivity contribution in [3.8, 4) is 10.6 Å². The van der Waals surface area contributed by atoms with E-state index in [1.54, 1.807) is 47.8 Å². The third-order valence-electron chi connectivity index (χ3n) is 4.73. The number of esters is 2. The molecule has 7 nitrogen and oxygen atoms in total. The molecule has 31 heavy (non-hydrogen) atoms. The molecule has 1 N–H and O–H groups in total. The van der Waals surface area contributed by atoms with Crippen LogP contribution in [0.25, 0.3) is 10.6 Å². The maximum absolute atomic E-state index is 12.3. The Kier molecular flexibility index (Phi) is 6.08. The Morgan fingerprint density at radius 3 is 2.48 bits per heavy atom. The van der Waals surface area contributed by atoms with Gasteiger partial charge in [0.2, 0.25) is 0 Å². The molecule has 1 amide bonds. The molecular weight excluding hydrogens is 416 g/mol. The van der Waals surface area contributed by atoms with E-state index in [-0.39, 0.29) is 18.6 Å². The van der Waals surface area contributed by atoms with Gasteiger partial charge in [0.1, 0.15) is 11.6 Å². The zero-order chi connectivity index (χ0) is 21.8. The van der Waals surface area contributed by atoms with E-state index in [9.17, 15) is 14.4 Å². The average molecular weight is 436 g/mol. The molecule has 1 aliphatic carbocycles. The van der Waals surface area contributed by atoms with Crippen LogP contribution in [0.5, 0.6) is 0 Å². The van der Waals surface area contributed by atoms with E-state index in [4.69, 9.17) is 9.47 Å². The van der Waals surface area contributed by atoms with Crippen LogP contribution in [0.4, 0.5) is 0 Å². The van der Waals surface area contributed by atoms with Crippen LogP contribution in [0, 0.1) is 0 Å². The Morgan fingerprint density at radius 2 is 1.77 bits per heavy atom. The molecule has 0 bridgehead atoms. The lowest BCUT2D eigenvalue weighted by Gasteiger charge is -2.05. The predicted octanol–water partition coefficient (Wildman–Crippen LogP) is 3.85. The van der Waals surface area contributed by atoms with Crippen molar-refractivity contribution in [2.45, 2.75) is 25.5 Å². The van der Waals surface area contributed by atoms with Crippen molar-refractivity contribution < 1.29 is 23.9 Å². The molecule has 4 rings (SSSR count). The highest BCUT2D eigenvalue weighted by molar-refractivity contribution is 7.13. The summed E-state index contributed by atoms with van der Waals surface area (Å²) in [7, 11) is 1.33. The second-order valence-corrected chi connectivity index (χ2v) is 7.98. The van der Waals surface area contributed by atoms with E-state index in [0.29, 0.717) is 27.4 Å². The van der Waals surface area contributed by atoms with E-state index in [2.05, 4.69) is 10.3 Å². The Balaban J connectivity index is 1.35. The van der Waals surface area contributed by atoms with Gasteiger partial charge < -0.3 is 14.8 Å². The fourth-order valence-corrected chi connectivity index (χ4v) is 3.68. The SMILES string of the molecule is COC(=O)c1cccc(-c2nc(COC(=O)c3ccc(C(=O)NC4CC4)cc3)cs2)c1. The van der Waals surface area contributed by atoms with Gasteiger partial charge in [-0.1, -0.05) is 12.1 Å². The summed E-state index contributed by atoms with van der Waals surface area (Å²) in [5.74, 6) is -1.03. The van der Waals surface area contributed by atoms with Gasteiger partial charge in [-0.2, -0.15) is 0 Å². The Hall–Kier alpha value is -3.52. The zero-order valence-corrected chi connectivity index (χ0v) is 17.6. The van der Waals surface area contributed by atoms with E-state index in [1.807, 2.05) is 6.07 Å². The number of carbonyl (C=O) groups excluding carboxylic acids is 3. The number of nitrogens with one attached hydrogen (secondary N) is 1. The standard InChI is InChI=1S/C23H20N2O5S/c1-29-22(27)17-4-2-3-16(11-17)21-25-19(13-31-21)12-30-23(28)15-7-5-14(6-8-15)20(26)24-18-9-10-18/h2-8,11,13,18H,9-10,12H2,1H3,(H,24,26). The van der Waals surface area contributed by atoms with Gasteiger partial charge in [0, 0.05) is 22.5 Å². The van der Waals surface area contributed by atoms with Gasteiger partial charge in [-0.3, -0.25) is 4.79 Å². The zero-order valence-electron chi connectivity index (χ0n) is 16.8. The molecule has 8 heteroatoms. The first-order valence-electron chi connectivity index (χ1n) is 9.74. The van der Waals surface area contributed by atoms with Gasteiger partial charge in [-0.25, -0.2) is 14.6 Å². The quantitative estimate of drug-likeness (QED) is 0.566. The van der Waals surface area contributed by atoms with Crippen molar-refractivity contribution in [2.75, 3.05) is 7.11 Å². The van der Waals surface area contributed by atoms with E-state index in [0.717, 1.165) is 18.4 Å². The summed E-state index contributed by atoms with van der Waals surface area (Å²) in [4.78, 5) is 40.5. The number of hydrogen-bond acceptors (Lipinski definition) is 7. The molecule has 0 radical (unpaired) electrons. The topological polar surface area (TPSA) is 94.6 Å². The number of ether oxygens (including phenoxy) is 2. The Morgan fingerprint density at radius 1 is 1.03 bits per heavy atom. The number of rotatable bonds is 7. The van der Waals surface area contributed by atoms with Crippen LogP contribution in [-0.2, 0) is 16.1 Å². The highest BCUT2D eigenvalue weighted by Crippen LogP contribution is 2.25. The van der Waals surface area contributed by atoms with Crippen molar-refractivity contribution in [3.05, 3.63) is 76.3 Å². The molecule has 0 atom stereocenters. The largest absolute Gasteiger partial charge is 0.465 e. The van der Waals surface area contributed by atoms with Crippen molar-refractivity contribution in [2.24, 2.45) is 0 Å². The van der Waals surface area contributed by atoms with Crippen molar-refractivity contribution >= 4 is 29.2 Å². The van der Waals surface area contributed by atoms with Crippen LogP contribution >= 0.6 is 11.3 Å². The van der Waals surface area contributed by atoms with Gasteiger partial charge >= 0.3 is 11.9 Å². The molecule has 2 aromatic carbocycles. The van der Waals surface area contributed by atoms with Crippen molar-refractivity contribution in [1.82, 2.24) is 10.3 Å². The molecule has 1 heterocycles. The molecule has 0 unspecified atom stereocenters. The highest BCUT2D eigenvalue weighted by atomic mass is 32.1. The maximum Gasteiger partial charge on any atom is 0.338 e. The summed E-state index contributed by atoms with van der Waals surface area (Å²) < 4.78 is 10.1. The molecule has 158 valence electrons. The van der Waals surface area contributed by atoms with E-state index >= 15 is 0 Å². The smallest absolute Gasteiger partial charge is 0.338 e. The van der Waals surface area contributed by atoms with Gasteiger partial charge in [0.05, 0.1) is 23.9 Å². The molecule has 0 aliphatic heterocycles. The van der Waals surface area contributed by atoms with Gasteiger partial charge in [-0.15, -0.1) is 11.3 Å². The molecule has 3 aromatic rings. The van der Waals surface area contributed by atoms with Crippen LogP contribution in [-0.4, -0.2) is 36.0 Å². The number of aromatic nitrogens is 1. The third kappa shape index (κ3) is 5.16. The summed E-state index contributed by atoms with van der Waals surface area (Å²) >= 11 is 1.39. The summed E-state index contributed by atoms with van der Waals surface area (Å²) in [6.07, 6.45) is 2.04. The van der Waals surface area contributed by atoms with E-state index in [1.165, 1.54) is 18.4 Å². The molecule has 0 spiro atoms. The predicted molar refractivity (Wildman–Crippen MR) is 115 cm³/mol. The molecule has 1 fully saturated rings. The second-order valence-electron chi connectivity index (χ2n) is 7.12. The third-order valence-corrected chi connectivity index (χ3v) is 5.67. The number of methoxy groups -OCH3 is 1. The average Bonchev–Trinajstić information content (AvgIpc) is 3.49. The molecular formula is C23H20N2O5S. The lowest BCUT2D eigenvalue weighted by molar-refractivity contribution is 0.0467. The lowest BCUT2D eigenvalue weighted by atomic mass is 10.1. The van der Waals surface area contributed by atoms with Crippen LogP contribution in [0.15, 0.2) is 53.9 Å². The second kappa shape index (κ2) is 9.09. The number of hydrogen-bond donors (Lipinski definition) is 1. The summed E-state index contributed by atoms with van der Waals surface area (Å²) in [5, 5.41) is 5.42. The highest BCUT2D eigenvalue weighted by Gasteiger charge is 2.23. The summed E-state index contributed by atoms with van der Waals surface area (Å²) in [5.41, 5.74) is 2.71. The van der Waals surface area contributed by atoms with Crippen molar-refractivity contribution in [3.63, 3.8) is 0 Å². The minimum absolute atomic E-state index is 0.0238. The van der Waals surface area contributed by atoms with Gasteiger partial charge in [0.15, 0.2) is 0 Å². The number of thiazole rings is 1. The normalized spacial score (nSPS) is 12.8. The lowest BCUT2D eigenvalue weighted by Crippen LogP contribution is -2.25. The Labute approximate surface area is 183 Å². The van der Waals surface area contributed by atoms with Crippen molar-refractivity contribution in [1.29, 1.82) is 0 Å². The first-order valence-corrected chi connectivity index (χ1v) is 10.6. The maximum atomic E-state index is 12.3. The fraction of sp³-hybridized carbons (Fsp3) is 0.217. The monoisotopic (exact) mass is 436 g/mol. The molecule has 1 aliphatic rings. The van der Waals surface area contributed by atoms with Crippen LogP contribution in [0.1, 0.15) is 49.6 Å². The van der Waals surface area contributed by atoms with Crippen LogP contribution < -0.4 is 5.32 Å². The number of amides is 1. The van der Waals surface area contributed by atoms with Gasteiger partial charge in [0.25, 0.3) is 5.91 Å². The summed E-state index contributed by atoms with van der Waals surface area (Å²) in [6, 6.07) is 13.7. The Bertz CT molecular complexity index is 1120. The number of carbonyl (C=O) groups is 3. The van der Waals surface area contributed by atoms with Gasteiger partial charge in [-0.05, 0) is 49.2 Å².